The first-order chi connectivity index (χ1) is 18.0. The second-order valence-corrected chi connectivity index (χ2v) is 9.10. The third-order valence-electron chi connectivity index (χ3n) is 6.84. The molecule has 1 saturated heterocycles. The van der Waals surface area contributed by atoms with E-state index in [0.717, 1.165) is 35.7 Å². The Kier molecular flexibility index (Phi) is 9.14. The Bertz CT molecular complexity index is 1120. The molecule has 0 radical (unpaired) electrons. The van der Waals surface area contributed by atoms with Crippen molar-refractivity contribution in [3.8, 4) is 11.5 Å². The number of hydrazone groups is 1. The van der Waals surface area contributed by atoms with Crippen LogP contribution in [-0.2, 0) is 14.3 Å². The van der Waals surface area contributed by atoms with Gasteiger partial charge in [-0.1, -0.05) is 37.3 Å². The number of rotatable bonds is 10. The number of morpholine rings is 1. The first-order valence-corrected chi connectivity index (χ1v) is 12.8. The molecule has 2 aliphatic heterocycles. The van der Waals surface area contributed by atoms with E-state index >= 15 is 0 Å². The molecule has 0 N–H and O–H groups in total. The van der Waals surface area contributed by atoms with Crippen LogP contribution in [0.2, 0.25) is 0 Å². The zero-order chi connectivity index (χ0) is 26.2. The largest absolute Gasteiger partial charge is 0.497 e. The Morgan fingerprint density at radius 2 is 1.86 bits per heavy atom. The summed E-state index contributed by atoms with van der Waals surface area (Å²) in [5.41, 5.74) is 2.55. The topological polar surface area (TPSA) is 83.9 Å². The van der Waals surface area contributed by atoms with Gasteiger partial charge in [-0.05, 0) is 18.2 Å². The Morgan fingerprint density at radius 3 is 2.59 bits per heavy atom. The van der Waals surface area contributed by atoms with E-state index in [2.05, 4.69) is 4.90 Å². The second-order valence-electron chi connectivity index (χ2n) is 9.10. The van der Waals surface area contributed by atoms with Gasteiger partial charge in [0.25, 0.3) is 5.91 Å². The van der Waals surface area contributed by atoms with E-state index in [0.29, 0.717) is 44.9 Å². The molecule has 0 unspecified atom stereocenters. The van der Waals surface area contributed by atoms with E-state index in [1.165, 1.54) is 5.01 Å². The van der Waals surface area contributed by atoms with E-state index in [1.807, 2.05) is 55.5 Å². The molecule has 0 aromatic heterocycles. The maximum Gasteiger partial charge on any atom is 0.262 e. The monoisotopic (exact) mass is 508 g/mol. The van der Waals surface area contributed by atoms with Gasteiger partial charge >= 0.3 is 0 Å². The van der Waals surface area contributed by atoms with Gasteiger partial charge in [0.2, 0.25) is 5.91 Å². The number of benzene rings is 2. The first-order valence-electron chi connectivity index (χ1n) is 12.8. The third kappa shape index (κ3) is 6.47. The van der Waals surface area contributed by atoms with Gasteiger partial charge in [0, 0.05) is 50.1 Å². The van der Waals surface area contributed by atoms with E-state index in [4.69, 9.17) is 19.3 Å². The van der Waals surface area contributed by atoms with Crippen molar-refractivity contribution in [2.24, 2.45) is 5.10 Å². The zero-order valence-corrected chi connectivity index (χ0v) is 21.9. The molecular formula is C28H36N4O5. The molecule has 0 bridgehead atoms. The summed E-state index contributed by atoms with van der Waals surface area (Å²) in [6.45, 7) is 6.03. The Balaban J connectivity index is 1.59. The summed E-state index contributed by atoms with van der Waals surface area (Å²) in [4.78, 5) is 30.4. The van der Waals surface area contributed by atoms with Gasteiger partial charge in [-0.15, -0.1) is 0 Å². The second kappa shape index (κ2) is 12.7. The molecule has 0 saturated carbocycles. The lowest BCUT2D eigenvalue weighted by Gasteiger charge is -2.31. The van der Waals surface area contributed by atoms with Gasteiger partial charge in [-0.2, -0.15) is 5.10 Å². The predicted octanol–water partition coefficient (Wildman–Crippen LogP) is 2.95. The Hall–Kier alpha value is -3.43. The van der Waals surface area contributed by atoms with Crippen molar-refractivity contribution in [1.29, 1.82) is 0 Å². The number of para-hydroxylation sites is 1. The number of carbonyl (C=O) groups excluding carboxylic acids is 2. The molecule has 0 aliphatic carbocycles. The summed E-state index contributed by atoms with van der Waals surface area (Å²) < 4.78 is 16.4. The lowest BCUT2D eigenvalue weighted by atomic mass is 9.97. The van der Waals surface area contributed by atoms with Gasteiger partial charge < -0.3 is 19.1 Å². The van der Waals surface area contributed by atoms with Gasteiger partial charge in [0.15, 0.2) is 0 Å². The van der Waals surface area contributed by atoms with Crippen LogP contribution in [0.4, 0.5) is 0 Å². The van der Waals surface area contributed by atoms with E-state index in [-0.39, 0.29) is 24.4 Å². The predicted molar refractivity (Wildman–Crippen MR) is 141 cm³/mol. The Morgan fingerprint density at radius 1 is 1.08 bits per heavy atom. The SMILES string of the molecule is CCC(=O)N(CCN1CCOCC1)CC(=O)N1N=C(c2cccc(OC)c2)C[C@@H]1c1ccccc1OC. The standard InChI is InChI=1S/C28H36N4O5/c1-4-27(33)31(13-12-30-14-16-37-17-15-30)20-28(34)32-25(23-10-5-6-11-26(23)36-3)19-24(29-32)21-8-7-9-22(18-21)35-2/h5-11,18,25H,4,12-17,19-20H2,1-3H3/t25-/m1/s1. The molecule has 2 aromatic carbocycles. The molecule has 0 spiro atoms. The van der Waals surface area contributed by atoms with Crippen molar-refractivity contribution in [2.45, 2.75) is 25.8 Å². The van der Waals surface area contributed by atoms with Crippen molar-refractivity contribution >= 4 is 17.5 Å². The number of amides is 2. The molecule has 9 nitrogen and oxygen atoms in total. The molecule has 198 valence electrons. The lowest BCUT2D eigenvalue weighted by Crippen LogP contribution is -2.46. The van der Waals surface area contributed by atoms with Crippen LogP contribution in [0.5, 0.6) is 11.5 Å². The van der Waals surface area contributed by atoms with Crippen LogP contribution >= 0.6 is 0 Å². The molecule has 1 fully saturated rings. The molecule has 9 heteroatoms. The number of hydrogen-bond donors (Lipinski definition) is 0. The van der Waals surface area contributed by atoms with Crippen molar-refractivity contribution in [2.75, 3.05) is 60.2 Å². The van der Waals surface area contributed by atoms with Crippen LogP contribution in [-0.4, -0.2) is 92.5 Å². The van der Waals surface area contributed by atoms with Crippen LogP contribution in [0.25, 0.3) is 0 Å². The van der Waals surface area contributed by atoms with Gasteiger partial charge in [0.05, 0.1) is 39.2 Å². The number of ether oxygens (including phenoxy) is 3. The summed E-state index contributed by atoms with van der Waals surface area (Å²) in [5, 5.41) is 6.30. The fourth-order valence-electron chi connectivity index (χ4n) is 4.74. The molecule has 2 aliphatic rings. The van der Waals surface area contributed by atoms with E-state index in [1.54, 1.807) is 19.1 Å². The van der Waals surface area contributed by atoms with Crippen LogP contribution in [0.3, 0.4) is 0 Å². The van der Waals surface area contributed by atoms with Crippen LogP contribution in [0.15, 0.2) is 53.6 Å². The number of carbonyl (C=O) groups is 2. The molecule has 2 aromatic rings. The maximum atomic E-state index is 13.7. The minimum absolute atomic E-state index is 0.0302. The van der Waals surface area contributed by atoms with Crippen LogP contribution < -0.4 is 9.47 Å². The van der Waals surface area contributed by atoms with Crippen LogP contribution in [0, 0.1) is 0 Å². The van der Waals surface area contributed by atoms with E-state index in [9.17, 15) is 9.59 Å². The molecule has 2 amide bonds. The Labute approximate surface area is 218 Å². The third-order valence-corrected chi connectivity index (χ3v) is 6.84. The first kappa shape index (κ1) is 26.6. The highest BCUT2D eigenvalue weighted by atomic mass is 16.5. The summed E-state index contributed by atoms with van der Waals surface area (Å²) in [5.74, 6) is 1.15. The molecule has 4 rings (SSSR count). The zero-order valence-electron chi connectivity index (χ0n) is 21.9. The normalized spacial score (nSPS) is 17.9. The average molecular weight is 509 g/mol. The van der Waals surface area contributed by atoms with Crippen molar-refractivity contribution in [3.05, 3.63) is 59.7 Å². The summed E-state index contributed by atoms with van der Waals surface area (Å²) in [6, 6.07) is 15.0. The summed E-state index contributed by atoms with van der Waals surface area (Å²) in [6.07, 6.45) is 0.861. The van der Waals surface area contributed by atoms with Gasteiger partial charge in [0.1, 0.15) is 18.0 Å². The highest BCUT2D eigenvalue weighted by molar-refractivity contribution is 6.03. The van der Waals surface area contributed by atoms with Crippen molar-refractivity contribution in [3.63, 3.8) is 0 Å². The van der Waals surface area contributed by atoms with Gasteiger partial charge in [-0.3, -0.25) is 14.5 Å². The fourth-order valence-corrected chi connectivity index (χ4v) is 4.74. The lowest BCUT2D eigenvalue weighted by molar-refractivity contribution is -0.141. The van der Waals surface area contributed by atoms with Crippen molar-refractivity contribution < 1.29 is 23.8 Å². The number of hydrogen-bond acceptors (Lipinski definition) is 7. The van der Waals surface area contributed by atoms with Gasteiger partial charge in [-0.25, -0.2) is 5.01 Å². The quantitative estimate of drug-likeness (QED) is 0.491. The highest BCUT2D eigenvalue weighted by Crippen LogP contribution is 2.37. The molecule has 2 heterocycles. The highest BCUT2D eigenvalue weighted by Gasteiger charge is 2.36. The van der Waals surface area contributed by atoms with E-state index < -0.39 is 0 Å². The summed E-state index contributed by atoms with van der Waals surface area (Å²) in [7, 11) is 3.25. The smallest absolute Gasteiger partial charge is 0.262 e. The number of methoxy groups -OCH3 is 2. The molecule has 1 atom stereocenters. The van der Waals surface area contributed by atoms with Crippen molar-refractivity contribution in [1.82, 2.24) is 14.8 Å². The number of nitrogens with zero attached hydrogens (tertiary/aromatic N) is 4. The minimum Gasteiger partial charge on any atom is -0.497 e. The molecular weight excluding hydrogens is 472 g/mol. The fraction of sp³-hybridized carbons (Fsp3) is 0.464. The molecule has 37 heavy (non-hydrogen) atoms. The van der Waals surface area contributed by atoms with Crippen LogP contribution in [0.1, 0.15) is 36.9 Å². The average Bonchev–Trinajstić information content (AvgIpc) is 3.41. The summed E-state index contributed by atoms with van der Waals surface area (Å²) >= 11 is 0. The minimum atomic E-state index is -0.345. The maximum absolute atomic E-state index is 13.7.